The van der Waals surface area contributed by atoms with Crippen molar-refractivity contribution in [3.8, 4) is 11.5 Å². The average molecular weight is 820 g/mol. The molecule has 1 aromatic carbocycles. The Morgan fingerprint density at radius 2 is 0.947 bits per heavy atom. The van der Waals surface area contributed by atoms with Gasteiger partial charge in [-0.2, -0.15) is 0 Å². The summed E-state index contributed by atoms with van der Waals surface area (Å²) in [6.45, 7) is 3.88. The molecule has 1 rings (SSSR count). The zero-order chi connectivity index (χ0) is 41.6. The summed E-state index contributed by atoms with van der Waals surface area (Å²) < 4.78 is 52.9. The van der Waals surface area contributed by atoms with Gasteiger partial charge in [-0.05, 0) is 18.6 Å². The highest BCUT2D eigenvalue weighted by Gasteiger charge is 2.07. The second-order valence-corrected chi connectivity index (χ2v) is 11.6. The van der Waals surface area contributed by atoms with Gasteiger partial charge in [0.2, 0.25) is 29.5 Å². The molecule has 0 heterocycles. The lowest BCUT2D eigenvalue weighted by Gasteiger charge is -2.11. The molecule has 0 unspecified atom stereocenters. The van der Waals surface area contributed by atoms with Crippen molar-refractivity contribution in [2.24, 2.45) is 5.73 Å². The Morgan fingerprint density at radius 3 is 1.35 bits per heavy atom. The van der Waals surface area contributed by atoms with Gasteiger partial charge >= 0.3 is 0 Å². The smallest absolute Gasteiger partial charge is 0.246 e. The number of hydrogen-bond acceptors (Lipinski definition) is 16. The number of benzene rings is 1. The molecule has 0 radical (unpaired) electrons. The van der Waals surface area contributed by atoms with E-state index in [0.717, 1.165) is 0 Å². The molecule has 21 heteroatoms. The molecule has 0 aromatic heterocycles. The van der Waals surface area contributed by atoms with E-state index in [-0.39, 0.29) is 142 Å². The SMILES string of the molecule is COc1cc(OCCCC(=O)NCCOCCOCC(=O)NCCOCCOCC(=O)NCCOCCOCC(=O)NCCOCCOCC(N)=O)ccc1CO. The molecule has 0 spiro atoms. The first kappa shape index (κ1) is 50.8. The fraction of sp³-hybridized carbons (Fsp3) is 0.694. The molecule has 0 saturated heterocycles. The van der Waals surface area contributed by atoms with Crippen LogP contribution in [0.25, 0.3) is 0 Å². The van der Waals surface area contributed by atoms with Gasteiger partial charge in [0.25, 0.3) is 0 Å². The Labute approximate surface area is 333 Å². The molecule has 1 aromatic rings. The normalized spacial score (nSPS) is 10.8. The lowest BCUT2D eigenvalue weighted by Crippen LogP contribution is -2.32. The molecule has 0 aliphatic carbocycles. The van der Waals surface area contributed by atoms with Gasteiger partial charge in [-0.3, -0.25) is 24.0 Å². The summed E-state index contributed by atoms with van der Waals surface area (Å²) in [6.07, 6.45) is 0.827. The Morgan fingerprint density at radius 1 is 0.544 bits per heavy atom. The maximum atomic E-state index is 12.0. The topological polar surface area (TPSA) is 272 Å². The second kappa shape index (κ2) is 36.2. The van der Waals surface area contributed by atoms with Crippen molar-refractivity contribution in [3.05, 3.63) is 23.8 Å². The largest absolute Gasteiger partial charge is 0.496 e. The lowest BCUT2D eigenvalue weighted by atomic mass is 10.2. The van der Waals surface area contributed by atoms with Crippen molar-refractivity contribution in [2.45, 2.75) is 19.4 Å². The maximum absolute atomic E-state index is 12.0. The number of aliphatic hydroxyl groups is 1. The van der Waals surface area contributed by atoms with E-state index in [2.05, 4.69) is 21.3 Å². The van der Waals surface area contributed by atoms with Crippen molar-refractivity contribution in [2.75, 3.05) is 146 Å². The second-order valence-electron chi connectivity index (χ2n) is 11.6. The van der Waals surface area contributed by atoms with E-state index in [4.69, 9.17) is 53.1 Å². The maximum Gasteiger partial charge on any atom is 0.246 e. The molecule has 326 valence electrons. The first-order valence-electron chi connectivity index (χ1n) is 18.6. The Kier molecular flexibility index (Phi) is 32.3. The average Bonchev–Trinajstić information content (AvgIpc) is 3.20. The molecule has 7 N–H and O–H groups in total. The minimum atomic E-state index is -0.551. The molecular weight excluding hydrogens is 758 g/mol. The van der Waals surface area contributed by atoms with Crippen LogP contribution in [-0.2, 0) is 68.5 Å². The molecule has 0 bridgehead atoms. The number of ether oxygens (including phenoxy) is 10. The van der Waals surface area contributed by atoms with Crippen LogP contribution < -0.4 is 36.5 Å². The summed E-state index contributed by atoms with van der Waals surface area (Å²) in [4.78, 5) is 57.9. The molecule has 0 fully saturated rings. The first-order chi connectivity index (χ1) is 27.7. The highest BCUT2D eigenvalue weighted by molar-refractivity contribution is 5.78. The van der Waals surface area contributed by atoms with Gasteiger partial charge in [-0.15, -0.1) is 0 Å². The van der Waals surface area contributed by atoms with E-state index in [0.29, 0.717) is 56.2 Å². The van der Waals surface area contributed by atoms with Crippen LogP contribution in [0.3, 0.4) is 0 Å². The highest BCUT2D eigenvalue weighted by Crippen LogP contribution is 2.24. The van der Waals surface area contributed by atoms with Crippen molar-refractivity contribution in [3.63, 3.8) is 0 Å². The van der Waals surface area contributed by atoms with Crippen molar-refractivity contribution < 1.29 is 76.4 Å². The quantitative estimate of drug-likeness (QED) is 0.0373. The number of primary amides is 1. The minimum Gasteiger partial charge on any atom is -0.496 e. The van der Waals surface area contributed by atoms with Gasteiger partial charge in [-0.1, -0.05) is 0 Å². The van der Waals surface area contributed by atoms with E-state index in [1.165, 1.54) is 7.11 Å². The van der Waals surface area contributed by atoms with Crippen LogP contribution in [0.15, 0.2) is 18.2 Å². The number of nitrogens with one attached hydrogen (secondary N) is 4. The number of rotatable bonds is 39. The number of hydrogen-bond donors (Lipinski definition) is 6. The van der Waals surface area contributed by atoms with Gasteiger partial charge in [0, 0.05) is 44.2 Å². The molecule has 0 aliphatic rings. The predicted octanol–water partition coefficient (Wildman–Crippen LogP) is -2.57. The standard InChI is InChI=1S/C36H61N5O16/c1-48-31-23-30(5-4-29(31)24-42)57-10-2-3-33(44)38-6-11-49-16-20-54-26-35(46)40-8-13-51-18-22-56-28-36(47)41-9-14-52-17-21-55-27-34(45)39-7-12-50-15-19-53-25-32(37)43/h4-5,23,42H,2-3,6-22,24-28H2,1H3,(H2,37,43)(H,38,44)(H,39,45)(H,40,46)(H,41,47). The third kappa shape index (κ3) is 31.6. The monoisotopic (exact) mass is 819 g/mol. The van der Waals surface area contributed by atoms with Crippen molar-refractivity contribution in [1.29, 1.82) is 0 Å². The summed E-state index contributed by atoms with van der Waals surface area (Å²) in [5, 5.41) is 20.0. The number of carbonyl (C=O) groups is 5. The van der Waals surface area contributed by atoms with Gasteiger partial charge in [0.15, 0.2) is 0 Å². The summed E-state index contributed by atoms with van der Waals surface area (Å²) in [7, 11) is 1.52. The molecule has 0 saturated carbocycles. The highest BCUT2D eigenvalue weighted by atomic mass is 16.5. The minimum absolute atomic E-state index is 0.117. The van der Waals surface area contributed by atoms with E-state index in [9.17, 15) is 29.1 Å². The van der Waals surface area contributed by atoms with Crippen LogP contribution in [0, 0.1) is 0 Å². The van der Waals surface area contributed by atoms with Crippen LogP contribution in [0.4, 0.5) is 0 Å². The van der Waals surface area contributed by atoms with Gasteiger partial charge < -0.3 is 79.5 Å². The number of nitrogens with two attached hydrogens (primary N) is 1. The molecule has 0 atom stereocenters. The zero-order valence-electron chi connectivity index (χ0n) is 32.9. The summed E-state index contributed by atoms with van der Waals surface area (Å²) in [6, 6.07) is 5.16. The number of carbonyl (C=O) groups excluding carboxylic acids is 5. The molecule has 21 nitrogen and oxygen atoms in total. The molecular formula is C36H61N5O16. The Bertz CT molecular complexity index is 1250. The van der Waals surface area contributed by atoms with Crippen molar-refractivity contribution in [1.82, 2.24) is 21.3 Å². The van der Waals surface area contributed by atoms with E-state index < -0.39 is 5.91 Å². The van der Waals surface area contributed by atoms with E-state index >= 15 is 0 Å². The third-order valence-electron chi connectivity index (χ3n) is 6.95. The van der Waals surface area contributed by atoms with Gasteiger partial charge in [-0.25, -0.2) is 0 Å². The Balaban J connectivity index is 1.80. The van der Waals surface area contributed by atoms with E-state index in [1.54, 1.807) is 18.2 Å². The predicted molar refractivity (Wildman–Crippen MR) is 201 cm³/mol. The van der Waals surface area contributed by atoms with Crippen LogP contribution in [-0.4, -0.2) is 180 Å². The van der Waals surface area contributed by atoms with Crippen LogP contribution >= 0.6 is 0 Å². The number of aliphatic hydroxyl groups excluding tert-OH is 1. The first-order valence-corrected chi connectivity index (χ1v) is 18.6. The summed E-state index contributed by atoms with van der Waals surface area (Å²) >= 11 is 0. The fourth-order valence-corrected chi connectivity index (χ4v) is 4.21. The number of methoxy groups -OCH3 is 1. The van der Waals surface area contributed by atoms with Gasteiger partial charge in [0.1, 0.15) is 37.9 Å². The molecule has 0 aliphatic heterocycles. The fourth-order valence-electron chi connectivity index (χ4n) is 4.21. The van der Waals surface area contributed by atoms with Crippen LogP contribution in [0.2, 0.25) is 0 Å². The molecule has 57 heavy (non-hydrogen) atoms. The number of amides is 5. The summed E-state index contributed by atoms with van der Waals surface area (Å²) in [5.74, 6) is -0.438. The van der Waals surface area contributed by atoms with Crippen molar-refractivity contribution >= 4 is 29.5 Å². The van der Waals surface area contributed by atoms with E-state index in [1.807, 2.05) is 0 Å². The lowest BCUT2D eigenvalue weighted by molar-refractivity contribution is -0.128. The molecule has 5 amide bonds. The Hall–Kier alpha value is -4.19. The zero-order valence-corrected chi connectivity index (χ0v) is 32.9. The van der Waals surface area contributed by atoms with Gasteiger partial charge in [0.05, 0.1) is 99.6 Å². The third-order valence-corrected chi connectivity index (χ3v) is 6.95. The summed E-state index contributed by atoms with van der Waals surface area (Å²) in [5.41, 5.74) is 5.60. The van der Waals surface area contributed by atoms with Crippen LogP contribution in [0.5, 0.6) is 11.5 Å². The van der Waals surface area contributed by atoms with Crippen LogP contribution in [0.1, 0.15) is 18.4 Å².